The van der Waals surface area contributed by atoms with E-state index in [1.807, 2.05) is 30.3 Å². The van der Waals surface area contributed by atoms with Gasteiger partial charge < -0.3 is 9.47 Å². The van der Waals surface area contributed by atoms with E-state index in [1.165, 1.54) is 29.7 Å². The van der Waals surface area contributed by atoms with Crippen LogP contribution in [0.2, 0.25) is 5.02 Å². The number of anilines is 1. The van der Waals surface area contributed by atoms with Crippen LogP contribution in [0.1, 0.15) is 21.6 Å². The van der Waals surface area contributed by atoms with E-state index in [-0.39, 0.29) is 18.1 Å². The number of benzene rings is 3. The Bertz CT molecular complexity index is 1310. The molecule has 3 aromatic carbocycles. The monoisotopic (exact) mass is 532 g/mol. The van der Waals surface area contributed by atoms with Gasteiger partial charge >= 0.3 is 6.18 Å². The maximum absolute atomic E-state index is 13.1. The van der Waals surface area contributed by atoms with E-state index in [0.717, 1.165) is 11.6 Å². The summed E-state index contributed by atoms with van der Waals surface area (Å²) in [6, 6.07) is 20.5. The largest absolute Gasteiger partial charge is 0.489 e. The second-order valence-corrected chi connectivity index (χ2v) is 9.23. The second kappa shape index (κ2) is 11.5. The lowest BCUT2D eigenvalue weighted by Crippen LogP contribution is -2.19. The first kappa shape index (κ1) is 25.5. The number of carbonyl (C=O) groups excluding carboxylic acids is 1. The number of thiazole rings is 1. The van der Waals surface area contributed by atoms with E-state index < -0.39 is 17.6 Å². The number of rotatable bonds is 9. The Balaban J connectivity index is 1.25. The Kier molecular flexibility index (Phi) is 8.12. The summed E-state index contributed by atoms with van der Waals surface area (Å²) in [7, 11) is 0. The van der Waals surface area contributed by atoms with Crippen LogP contribution in [0.4, 0.5) is 18.3 Å². The highest BCUT2D eigenvalue weighted by Crippen LogP contribution is 2.35. The van der Waals surface area contributed by atoms with E-state index in [9.17, 15) is 18.0 Å². The molecular weight excluding hydrogens is 513 g/mol. The fourth-order valence-electron chi connectivity index (χ4n) is 3.23. The normalized spacial score (nSPS) is 11.2. The van der Waals surface area contributed by atoms with Gasteiger partial charge in [0.25, 0.3) is 5.91 Å². The molecule has 0 spiro atoms. The molecule has 0 saturated carbocycles. The Labute approximate surface area is 214 Å². The summed E-state index contributed by atoms with van der Waals surface area (Å²) in [4.78, 5) is 17.0. The predicted octanol–water partition coefficient (Wildman–Crippen LogP) is 7.00. The molecule has 0 bridgehead atoms. The molecule has 10 heteroatoms. The van der Waals surface area contributed by atoms with Gasteiger partial charge in [-0.3, -0.25) is 10.1 Å². The Morgan fingerprint density at radius 2 is 1.64 bits per heavy atom. The number of hydrogen-bond donors (Lipinski definition) is 1. The van der Waals surface area contributed by atoms with E-state index in [0.29, 0.717) is 33.7 Å². The van der Waals surface area contributed by atoms with Crippen LogP contribution in [-0.4, -0.2) is 17.5 Å². The highest BCUT2D eigenvalue weighted by Gasteiger charge is 2.33. The highest BCUT2D eigenvalue weighted by atomic mass is 35.5. The van der Waals surface area contributed by atoms with Gasteiger partial charge in [0.05, 0.1) is 10.6 Å². The minimum atomic E-state index is -4.53. The van der Waals surface area contributed by atoms with Crippen molar-refractivity contribution in [3.05, 3.63) is 106 Å². The standard InChI is InChI=1S/C26H20ClF3N2O3S/c27-23-11-6-18(13-22(23)26(28,29)30)12-21-14-31-25(36-21)32-24(33)16-35-20-9-7-19(8-10-20)34-15-17-4-2-1-3-5-17/h1-11,13-14H,12,15-16H2,(H,31,32,33). The molecule has 0 aliphatic heterocycles. The molecular formula is C26H20ClF3N2O3S. The third-order valence-electron chi connectivity index (χ3n) is 4.96. The van der Waals surface area contributed by atoms with Gasteiger partial charge in [-0.1, -0.05) is 48.0 Å². The average molecular weight is 533 g/mol. The maximum atomic E-state index is 13.1. The topological polar surface area (TPSA) is 60.5 Å². The summed E-state index contributed by atoms with van der Waals surface area (Å²) in [5, 5.41) is 2.61. The zero-order chi connectivity index (χ0) is 25.5. The Hall–Kier alpha value is -3.56. The van der Waals surface area contributed by atoms with Crippen LogP contribution in [0.3, 0.4) is 0 Å². The SMILES string of the molecule is O=C(COc1ccc(OCc2ccccc2)cc1)Nc1ncc(Cc2ccc(Cl)c(C(F)(F)F)c2)s1. The van der Waals surface area contributed by atoms with Gasteiger partial charge in [0, 0.05) is 17.5 Å². The lowest BCUT2D eigenvalue weighted by atomic mass is 10.1. The quantitative estimate of drug-likeness (QED) is 0.252. The van der Waals surface area contributed by atoms with Gasteiger partial charge in [0.2, 0.25) is 0 Å². The number of hydrogen-bond acceptors (Lipinski definition) is 5. The van der Waals surface area contributed by atoms with Crippen molar-refractivity contribution in [3.63, 3.8) is 0 Å². The van der Waals surface area contributed by atoms with Gasteiger partial charge in [0.1, 0.15) is 18.1 Å². The molecule has 0 atom stereocenters. The fourth-order valence-corrected chi connectivity index (χ4v) is 4.31. The van der Waals surface area contributed by atoms with Crippen molar-refractivity contribution in [2.45, 2.75) is 19.2 Å². The molecule has 1 N–H and O–H groups in total. The average Bonchev–Trinajstić information content (AvgIpc) is 3.29. The maximum Gasteiger partial charge on any atom is 0.417 e. The van der Waals surface area contributed by atoms with E-state index >= 15 is 0 Å². The summed E-state index contributed by atoms with van der Waals surface area (Å²) in [6.45, 7) is 0.214. The molecule has 186 valence electrons. The van der Waals surface area contributed by atoms with Crippen molar-refractivity contribution >= 4 is 34.0 Å². The zero-order valence-corrected chi connectivity index (χ0v) is 20.3. The van der Waals surface area contributed by atoms with Crippen LogP contribution in [0.25, 0.3) is 0 Å². The lowest BCUT2D eigenvalue weighted by molar-refractivity contribution is -0.137. The molecule has 0 aliphatic carbocycles. The molecule has 0 unspecified atom stereocenters. The van der Waals surface area contributed by atoms with Crippen LogP contribution in [0.15, 0.2) is 79.0 Å². The smallest absolute Gasteiger partial charge is 0.417 e. The second-order valence-electron chi connectivity index (χ2n) is 7.70. The van der Waals surface area contributed by atoms with E-state index in [4.69, 9.17) is 21.1 Å². The summed E-state index contributed by atoms with van der Waals surface area (Å²) in [5.74, 6) is 0.764. The number of nitrogens with zero attached hydrogens (tertiary/aromatic N) is 1. The third-order valence-corrected chi connectivity index (χ3v) is 6.20. The van der Waals surface area contributed by atoms with Gasteiger partial charge in [-0.15, -0.1) is 11.3 Å². The van der Waals surface area contributed by atoms with Crippen molar-refractivity contribution in [1.82, 2.24) is 4.98 Å². The molecule has 0 fully saturated rings. The summed E-state index contributed by atoms with van der Waals surface area (Å²) >= 11 is 6.84. The number of alkyl halides is 3. The Morgan fingerprint density at radius 1 is 0.944 bits per heavy atom. The zero-order valence-electron chi connectivity index (χ0n) is 18.7. The van der Waals surface area contributed by atoms with Crippen LogP contribution in [0, 0.1) is 0 Å². The van der Waals surface area contributed by atoms with Crippen molar-refractivity contribution in [2.75, 3.05) is 11.9 Å². The summed E-state index contributed by atoms with van der Waals surface area (Å²) in [5.41, 5.74) is 0.611. The van der Waals surface area contributed by atoms with Gasteiger partial charge in [-0.05, 0) is 47.5 Å². The van der Waals surface area contributed by atoms with Crippen molar-refractivity contribution in [2.24, 2.45) is 0 Å². The van der Waals surface area contributed by atoms with Crippen molar-refractivity contribution in [1.29, 1.82) is 0 Å². The molecule has 1 amide bonds. The summed E-state index contributed by atoms with van der Waals surface area (Å²) in [6.07, 6.45) is -2.80. The van der Waals surface area contributed by atoms with Crippen LogP contribution in [-0.2, 0) is 24.0 Å². The fraction of sp³-hybridized carbons (Fsp3) is 0.154. The molecule has 0 aliphatic rings. The molecule has 1 aromatic heterocycles. The number of carbonyl (C=O) groups is 1. The number of halogens is 4. The van der Waals surface area contributed by atoms with Crippen LogP contribution in [0.5, 0.6) is 11.5 Å². The van der Waals surface area contributed by atoms with Crippen molar-refractivity contribution in [3.8, 4) is 11.5 Å². The number of amides is 1. The van der Waals surface area contributed by atoms with Crippen LogP contribution < -0.4 is 14.8 Å². The molecule has 4 aromatic rings. The first-order valence-electron chi connectivity index (χ1n) is 10.8. The highest BCUT2D eigenvalue weighted by molar-refractivity contribution is 7.15. The van der Waals surface area contributed by atoms with Gasteiger partial charge in [-0.2, -0.15) is 13.2 Å². The van der Waals surface area contributed by atoms with Crippen LogP contribution >= 0.6 is 22.9 Å². The van der Waals surface area contributed by atoms with Gasteiger partial charge in [-0.25, -0.2) is 4.98 Å². The lowest BCUT2D eigenvalue weighted by Gasteiger charge is -2.10. The molecule has 5 nitrogen and oxygen atoms in total. The molecule has 1 heterocycles. The first-order chi connectivity index (χ1) is 17.3. The molecule has 36 heavy (non-hydrogen) atoms. The van der Waals surface area contributed by atoms with Gasteiger partial charge in [0.15, 0.2) is 11.7 Å². The number of aromatic nitrogens is 1. The number of nitrogens with one attached hydrogen (secondary N) is 1. The minimum Gasteiger partial charge on any atom is -0.489 e. The molecule has 0 radical (unpaired) electrons. The third kappa shape index (κ3) is 7.22. The Morgan fingerprint density at radius 3 is 2.33 bits per heavy atom. The van der Waals surface area contributed by atoms with E-state index in [2.05, 4.69) is 10.3 Å². The number of ether oxygens (including phenoxy) is 2. The summed E-state index contributed by atoms with van der Waals surface area (Å²) < 4.78 is 50.4. The van der Waals surface area contributed by atoms with Crippen molar-refractivity contribution < 1.29 is 27.4 Å². The molecule has 0 saturated heterocycles. The molecule has 4 rings (SSSR count). The minimum absolute atomic E-state index is 0.225. The predicted molar refractivity (Wildman–Crippen MR) is 133 cm³/mol. The van der Waals surface area contributed by atoms with E-state index in [1.54, 1.807) is 24.3 Å². The first-order valence-corrected chi connectivity index (χ1v) is 12.0.